The van der Waals surface area contributed by atoms with Crippen molar-refractivity contribution < 1.29 is 19.1 Å². The number of carbonyl (C=O) groups excluding carboxylic acids is 2. The van der Waals surface area contributed by atoms with Gasteiger partial charge in [0.2, 0.25) is 0 Å². The zero-order valence-electron chi connectivity index (χ0n) is 13.9. The van der Waals surface area contributed by atoms with Crippen LogP contribution in [0.4, 0.5) is 4.79 Å². The van der Waals surface area contributed by atoms with E-state index in [1.54, 1.807) is 52.0 Å². The maximum absolute atomic E-state index is 12.0. The topological polar surface area (TPSA) is 88.4 Å². The van der Waals surface area contributed by atoms with E-state index in [2.05, 4.69) is 5.32 Å². The van der Waals surface area contributed by atoms with Crippen LogP contribution in [0.25, 0.3) is 0 Å². The molecular formula is C17H22N2O4. The Morgan fingerprint density at radius 1 is 1.26 bits per heavy atom. The van der Waals surface area contributed by atoms with Crippen molar-refractivity contribution in [3.05, 3.63) is 35.4 Å². The van der Waals surface area contributed by atoms with Crippen LogP contribution in [0.5, 0.6) is 0 Å². The summed E-state index contributed by atoms with van der Waals surface area (Å²) in [7, 11) is 0. The van der Waals surface area contributed by atoms with E-state index in [0.717, 1.165) is 5.56 Å². The molecule has 1 N–H and O–H groups in total. The maximum Gasteiger partial charge on any atom is 0.408 e. The number of alkyl carbamates (subject to hydrolysis) is 1. The van der Waals surface area contributed by atoms with E-state index in [4.69, 9.17) is 14.7 Å². The second kappa shape index (κ2) is 8.18. The molecule has 124 valence electrons. The van der Waals surface area contributed by atoms with Crippen molar-refractivity contribution in [2.75, 3.05) is 6.61 Å². The molecule has 0 aliphatic rings. The first-order chi connectivity index (χ1) is 10.7. The summed E-state index contributed by atoms with van der Waals surface area (Å²) in [5.41, 5.74) is 0.678. The number of hydrogen-bond acceptors (Lipinski definition) is 5. The van der Waals surface area contributed by atoms with E-state index < -0.39 is 23.7 Å². The molecule has 1 aromatic rings. The molecule has 0 spiro atoms. The molecule has 1 aromatic carbocycles. The zero-order chi connectivity index (χ0) is 17.5. The second-order valence-corrected chi connectivity index (χ2v) is 5.96. The second-order valence-electron chi connectivity index (χ2n) is 5.96. The van der Waals surface area contributed by atoms with Gasteiger partial charge in [-0.3, -0.25) is 0 Å². The quantitative estimate of drug-likeness (QED) is 0.843. The third kappa shape index (κ3) is 6.83. The highest BCUT2D eigenvalue weighted by atomic mass is 16.6. The van der Waals surface area contributed by atoms with Gasteiger partial charge in [-0.15, -0.1) is 0 Å². The van der Waals surface area contributed by atoms with Gasteiger partial charge in [0.05, 0.1) is 18.2 Å². The van der Waals surface area contributed by atoms with Crippen LogP contribution in [0.1, 0.15) is 38.8 Å². The van der Waals surface area contributed by atoms with E-state index in [1.165, 1.54) is 0 Å². The van der Waals surface area contributed by atoms with Crippen molar-refractivity contribution in [2.45, 2.75) is 45.8 Å². The number of ether oxygens (including phenoxy) is 2. The summed E-state index contributed by atoms with van der Waals surface area (Å²) in [6.45, 7) is 7.15. The van der Waals surface area contributed by atoms with E-state index in [1.807, 2.05) is 6.07 Å². The van der Waals surface area contributed by atoms with E-state index in [-0.39, 0.29) is 13.0 Å². The van der Waals surface area contributed by atoms with E-state index >= 15 is 0 Å². The number of benzene rings is 1. The molecule has 6 heteroatoms. The summed E-state index contributed by atoms with van der Waals surface area (Å²) in [6.07, 6.45) is -0.423. The molecule has 1 rings (SSSR count). The number of amides is 1. The lowest BCUT2D eigenvalue weighted by Gasteiger charge is -2.23. The SMILES string of the molecule is CCOC(=O)[C@H](Cc1ccc(C#N)cc1)NC(=O)OC(C)(C)C. The predicted octanol–water partition coefficient (Wildman–Crippen LogP) is 2.56. The molecule has 0 heterocycles. The fourth-order valence-electron chi connectivity index (χ4n) is 1.84. The standard InChI is InChI=1S/C17H22N2O4/c1-5-22-15(20)14(19-16(21)23-17(2,3)4)10-12-6-8-13(11-18)9-7-12/h6-9,14H,5,10H2,1-4H3,(H,19,21)/t14-/m0/s1. The van der Waals surface area contributed by atoms with Crippen molar-refractivity contribution in [3.63, 3.8) is 0 Å². The van der Waals surface area contributed by atoms with Gasteiger partial charge < -0.3 is 14.8 Å². The minimum Gasteiger partial charge on any atom is -0.464 e. The third-order valence-corrected chi connectivity index (χ3v) is 2.78. The lowest BCUT2D eigenvalue weighted by molar-refractivity contribution is -0.145. The summed E-state index contributed by atoms with van der Waals surface area (Å²) in [5, 5.41) is 11.3. The van der Waals surface area contributed by atoms with Gasteiger partial charge in [0.15, 0.2) is 0 Å². The number of carbonyl (C=O) groups is 2. The van der Waals surface area contributed by atoms with Crippen LogP contribution in [0.15, 0.2) is 24.3 Å². The third-order valence-electron chi connectivity index (χ3n) is 2.78. The average Bonchev–Trinajstić information content (AvgIpc) is 2.45. The first-order valence-electron chi connectivity index (χ1n) is 7.40. The molecule has 23 heavy (non-hydrogen) atoms. The number of hydrogen-bond donors (Lipinski definition) is 1. The first kappa shape index (κ1) is 18.5. The van der Waals surface area contributed by atoms with Crippen LogP contribution in [0.2, 0.25) is 0 Å². The van der Waals surface area contributed by atoms with Gasteiger partial charge in [-0.25, -0.2) is 9.59 Å². The molecule has 0 radical (unpaired) electrons. The smallest absolute Gasteiger partial charge is 0.408 e. The number of esters is 1. The minimum atomic E-state index is -0.849. The summed E-state index contributed by atoms with van der Waals surface area (Å²) >= 11 is 0. The normalized spacial score (nSPS) is 12.0. The van der Waals surface area contributed by atoms with Gasteiger partial charge in [-0.2, -0.15) is 5.26 Å². The van der Waals surface area contributed by atoms with Crippen LogP contribution >= 0.6 is 0 Å². The van der Waals surface area contributed by atoms with Gasteiger partial charge in [0.25, 0.3) is 0 Å². The molecule has 0 aliphatic carbocycles. The Balaban J connectivity index is 2.81. The largest absolute Gasteiger partial charge is 0.464 e. The maximum atomic E-state index is 12.0. The molecule has 0 bridgehead atoms. The molecule has 1 amide bonds. The van der Waals surface area contributed by atoms with Gasteiger partial charge >= 0.3 is 12.1 Å². The van der Waals surface area contributed by atoms with Gasteiger partial charge in [0, 0.05) is 6.42 Å². The van der Waals surface area contributed by atoms with Crippen LogP contribution in [0.3, 0.4) is 0 Å². The number of nitrogens with one attached hydrogen (secondary N) is 1. The summed E-state index contributed by atoms with van der Waals surface area (Å²) in [5.74, 6) is -0.525. The van der Waals surface area contributed by atoms with Gasteiger partial charge in [0.1, 0.15) is 11.6 Å². The zero-order valence-corrected chi connectivity index (χ0v) is 13.9. The molecule has 6 nitrogen and oxygen atoms in total. The van der Waals surface area contributed by atoms with Gasteiger partial charge in [-0.1, -0.05) is 12.1 Å². The van der Waals surface area contributed by atoms with Crippen molar-refractivity contribution in [2.24, 2.45) is 0 Å². The number of nitrogens with zero attached hydrogens (tertiary/aromatic N) is 1. The Morgan fingerprint density at radius 2 is 1.87 bits per heavy atom. The summed E-state index contributed by atoms with van der Waals surface area (Å²) in [6, 6.07) is 7.97. The molecule has 0 saturated heterocycles. The Labute approximate surface area is 136 Å². The predicted molar refractivity (Wildman–Crippen MR) is 84.7 cm³/mol. The molecule has 0 saturated carbocycles. The van der Waals surface area contributed by atoms with E-state index in [9.17, 15) is 9.59 Å². The minimum absolute atomic E-state index is 0.221. The van der Waals surface area contributed by atoms with Gasteiger partial charge in [-0.05, 0) is 45.4 Å². The summed E-state index contributed by atoms with van der Waals surface area (Å²) < 4.78 is 10.2. The summed E-state index contributed by atoms with van der Waals surface area (Å²) in [4.78, 5) is 23.9. The first-order valence-corrected chi connectivity index (χ1v) is 7.40. The highest BCUT2D eigenvalue weighted by Gasteiger charge is 2.25. The van der Waals surface area contributed by atoms with Crippen molar-refractivity contribution in [3.8, 4) is 6.07 Å². The number of rotatable bonds is 5. The molecule has 0 unspecified atom stereocenters. The Hall–Kier alpha value is -2.55. The Kier molecular flexibility index (Phi) is 6.58. The monoisotopic (exact) mass is 318 g/mol. The lowest BCUT2D eigenvalue weighted by Crippen LogP contribution is -2.45. The average molecular weight is 318 g/mol. The van der Waals surface area contributed by atoms with Crippen LogP contribution in [-0.2, 0) is 20.7 Å². The van der Waals surface area contributed by atoms with Crippen LogP contribution in [-0.4, -0.2) is 30.3 Å². The Bertz CT molecular complexity index is 582. The highest BCUT2D eigenvalue weighted by molar-refractivity contribution is 5.81. The molecule has 1 atom stereocenters. The fraction of sp³-hybridized carbons (Fsp3) is 0.471. The fourth-order valence-corrected chi connectivity index (χ4v) is 1.84. The van der Waals surface area contributed by atoms with Crippen molar-refractivity contribution >= 4 is 12.1 Å². The van der Waals surface area contributed by atoms with Crippen LogP contribution in [0, 0.1) is 11.3 Å². The van der Waals surface area contributed by atoms with Crippen molar-refractivity contribution in [1.29, 1.82) is 5.26 Å². The molecular weight excluding hydrogens is 296 g/mol. The van der Waals surface area contributed by atoms with E-state index in [0.29, 0.717) is 5.56 Å². The highest BCUT2D eigenvalue weighted by Crippen LogP contribution is 2.10. The molecule has 0 fully saturated rings. The van der Waals surface area contributed by atoms with Crippen molar-refractivity contribution in [1.82, 2.24) is 5.32 Å². The van der Waals surface area contributed by atoms with Crippen LogP contribution < -0.4 is 5.32 Å². The molecule has 0 aromatic heterocycles. The Morgan fingerprint density at radius 3 is 2.35 bits per heavy atom. The number of nitriles is 1. The molecule has 0 aliphatic heterocycles. The lowest BCUT2D eigenvalue weighted by atomic mass is 10.0.